The molecule has 1 aliphatic rings. The molecule has 0 amide bonds. The Morgan fingerprint density at radius 2 is 1.68 bits per heavy atom. The van der Waals surface area contributed by atoms with E-state index in [1.807, 2.05) is 34.6 Å². The number of carbonyl (C=O) groups is 4. The molecule has 1 heterocycles. The highest BCUT2D eigenvalue weighted by Gasteiger charge is 2.50. The number of aliphatic carboxylic acids is 1. The number of carboxylic acid groups (broad SMARTS) is 1. The van der Waals surface area contributed by atoms with E-state index in [0.29, 0.717) is 0 Å². The summed E-state index contributed by atoms with van der Waals surface area (Å²) in [5.74, 6) is -2.30. The highest BCUT2D eigenvalue weighted by molar-refractivity contribution is 6.80. The van der Waals surface area contributed by atoms with E-state index >= 15 is 0 Å². The molecular weight excluding hydrogens is 458 g/mol. The van der Waals surface area contributed by atoms with E-state index in [0.717, 1.165) is 6.29 Å². The van der Waals surface area contributed by atoms with Crippen LogP contribution in [0.3, 0.4) is 0 Å². The molecule has 0 radical (unpaired) electrons. The Morgan fingerprint density at radius 1 is 1.12 bits per heavy atom. The standard InChI is InChI=1S/C24H43NO8Si/c1-15(2)34(16(3)4,17(5)12-26)32-14-21(23(30)33-24(7,8)9)25-11-19(13-31-18(6)27)10-20(25)22(28)29/h12,15-17,19-21H,10-11,13-14H2,1-9H3,(H,28,29)/t17-,19-,20?,21-/m1/s1. The third-order valence-electron chi connectivity index (χ3n) is 6.52. The van der Waals surface area contributed by atoms with Crippen molar-refractivity contribution in [2.45, 2.75) is 103 Å². The second-order valence-electron chi connectivity index (χ2n) is 10.9. The molecule has 0 saturated carbocycles. The van der Waals surface area contributed by atoms with Crippen LogP contribution in [0.4, 0.5) is 0 Å². The van der Waals surface area contributed by atoms with Crippen LogP contribution < -0.4 is 0 Å². The Labute approximate surface area is 204 Å². The molecule has 0 aliphatic carbocycles. The third kappa shape index (κ3) is 7.61. The van der Waals surface area contributed by atoms with Gasteiger partial charge in [0.25, 0.3) is 0 Å². The third-order valence-corrected chi connectivity index (χ3v) is 12.4. The van der Waals surface area contributed by atoms with E-state index in [1.165, 1.54) is 6.92 Å². The number of esters is 2. The topological polar surface area (TPSA) is 119 Å². The number of hydrogen-bond acceptors (Lipinski definition) is 8. The SMILES string of the molecule is CC(=O)OC[C@@H]1CC(C(=O)O)N([C@H](CO[Si](C(C)C)(C(C)C)[C@H](C)C=O)C(=O)OC(C)(C)C)C1. The van der Waals surface area contributed by atoms with Crippen LogP contribution in [0.2, 0.25) is 16.6 Å². The van der Waals surface area contributed by atoms with Gasteiger partial charge in [0, 0.05) is 24.9 Å². The molecule has 9 nitrogen and oxygen atoms in total. The molecule has 0 aromatic rings. The van der Waals surface area contributed by atoms with Gasteiger partial charge in [-0.2, -0.15) is 0 Å². The Morgan fingerprint density at radius 3 is 2.09 bits per heavy atom. The number of ether oxygens (including phenoxy) is 2. The number of rotatable bonds is 12. The van der Waals surface area contributed by atoms with Crippen molar-refractivity contribution in [2.24, 2.45) is 5.92 Å². The molecule has 1 aliphatic heterocycles. The summed E-state index contributed by atoms with van der Waals surface area (Å²) >= 11 is 0. The van der Waals surface area contributed by atoms with Crippen LogP contribution >= 0.6 is 0 Å². The van der Waals surface area contributed by atoms with Gasteiger partial charge in [-0.25, -0.2) is 0 Å². The summed E-state index contributed by atoms with van der Waals surface area (Å²) in [7, 11) is -2.69. The molecule has 1 rings (SSSR count). The molecule has 10 heteroatoms. The lowest BCUT2D eigenvalue weighted by atomic mass is 10.1. The van der Waals surface area contributed by atoms with Crippen molar-refractivity contribution in [2.75, 3.05) is 19.8 Å². The zero-order valence-electron chi connectivity index (χ0n) is 22.1. The molecule has 0 aromatic carbocycles. The van der Waals surface area contributed by atoms with E-state index in [-0.39, 0.29) is 48.7 Å². The van der Waals surface area contributed by atoms with Gasteiger partial charge in [0.2, 0.25) is 8.32 Å². The van der Waals surface area contributed by atoms with E-state index in [1.54, 1.807) is 25.7 Å². The van der Waals surface area contributed by atoms with Crippen LogP contribution in [-0.4, -0.2) is 80.0 Å². The van der Waals surface area contributed by atoms with Gasteiger partial charge in [0.15, 0.2) is 0 Å². The van der Waals surface area contributed by atoms with E-state index in [9.17, 15) is 24.3 Å². The summed E-state index contributed by atoms with van der Waals surface area (Å²) in [5.41, 5.74) is -0.890. The first kappa shape index (κ1) is 30.2. The van der Waals surface area contributed by atoms with Crippen molar-refractivity contribution in [3.8, 4) is 0 Å². The molecule has 1 fully saturated rings. The van der Waals surface area contributed by atoms with Gasteiger partial charge < -0.3 is 23.8 Å². The summed E-state index contributed by atoms with van der Waals surface area (Å²) in [4.78, 5) is 50.1. The van der Waals surface area contributed by atoms with Crippen LogP contribution in [0.1, 0.15) is 68.7 Å². The second kappa shape index (κ2) is 12.3. The van der Waals surface area contributed by atoms with Gasteiger partial charge in [-0.05, 0) is 38.3 Å². The fourth-order valence-electron chi connectivity index (χ4n) is 5.08. The lowest BCUT2D eigenvalue weighted by Crippen LogP contribution is -2.56. The van der Waals surface area contributed by atoms with Gasteiger partial charge >= 0.3 is 17.9 Å². The monoisotopic (exact) mass is 501 g/mol. The van der Waals surface area contributed by atoms with Crippen molar-refractivity contribution in [1.82, 2.24) is 4.90 Å². The average molecular weight is 502 g/mol. The summed E-state index contributed by atoms with van der Waals surface area (Å²) < 4.78 is 17.3. The molecule has 0 bridgehead atoms. The highest BCUT2D eigenvalue weighted by atomic mass is 28.4. The minimum absolute atomic E-state index is 0.0697. The molecule has 1 N–H and O–H groups in total. The van der Waals surface area contributed by atoms with Gasteiger partial charge in [-0.1, -0.05) is 34.6 Å². The van der Waals surface area contributed by atoms with Gasteiger partial charge in [-0.15, -0.1) is 0 Å². The molecule has 0 aromatic heterocycles. The summed E-state index contributed by atoms with van der Waals surface area (Å²) in [5, 5.41) is 9.89. The molecule has 4 atom stereocenters. The minimum atomic E-state index is -2.69. The largest absolute Gasteiger partial charge is 0.480 e. The number of nitrogens with zero attached hydrogens (tertiary/aromatic N) is 1. The molecule has 1 unspecified atom stereocenters. The Kier molecular flexibility index (Phi) is 10.9. The highest BCUT2D eigenvalue weighted by Crippen LogP contribution is 2.42. The van der Waals surface area contributed by atoms with Crippen LogP contribution in [-0.2, 0) is 33.1 Å². The van der Waals surface area contributed by atoms with Crippen molar-refractivity contribution in [1.29, 1.82) is 0 Å². The Balaban J connectivity index is 3.34. The van der Waals surface area contributed by atoms with Crippen LogP contribution in [0.5, 0.6) is 0 Å². The van der Waals surface area contributed by atoms with Crippen molar-refractivity contribution < 1.29 is 38.2 Å². The first-order valence-electron chi connectivity index (χ1n) is 12.0. The minimum Gasteiger partial charge on any atom is -0.480 e. The van der Waals surface area contributed by atoms with Gasteiger partial charge in [0.05, 0.1) is 13.2 Å². The number of likely N-dealkylation sites (tertiary alicyclic amines) is 1. The molecule has 196 valence electrons. The summed E-state index contributed by atoms with van der Waals surface area (Å²) in [6.07, 6.45) is 1.16. The van der Waals surface area contributed by atoms with Crippen molar-refractivity contribution in [3.63, 3.8) is 0 Å². The quantitative estimate of drug-likeness (QED) is 0.244. The molecule has 1 saturated heterocycles. The number of hydrogen-bond donors (Lipinski definition) is 1. The first-order chi connectivity index (χ1) is 15.6. The molecular formula is C24H43NO8Si. The molecule has 34 heavy (non-hydrogen) atoms. The maximum absolute atomic E-state index is 13.3. The zero-order valence-corrected chi connectivity index (χ0v) is 23.1. The van der Waals surface area contributed by atoms with E-state index in [2.05, 4.69) is 0 Å². The predicted molar refractivity (Wildman–Crippen MR) is 130 cm³/mol. The Hall–Kier alpha value is -1.78. The first-order valence-corrected chi connectivity index (χ1v) is 14.1. The van der Waals surface area contributed by atoms with Crippen molar-refractivity contribution in [3.05, 3.63) is 0 Å². The van der Waals surface area contributed by atoms with Crippen LogP contribution in [0, 0.1) is 5.92 Å². The Bertz CT molecular complexity index is 725. The fraction of sp³-hybridized carbons (Fsp3) is 0.833. The smallest absolute Gasteiger partial charge is 0.326 e. The van der Waals surface area contributed by atoms with E-state index < -0.39 is 43.9 Å². The predicted octanol–water partition coefficient (Wildman–Crippen LogP) is 3.41. The average Bonchev–Trinajstić information content (AvgIpc) is 3.11. The number of aldehydes is 1. The normalized spacial score (nSPS) is 21.4. The van der Waals surface area contributed by atoms with Crippen LogP contribution in [0.25, 0.3) is 0 Å². The summed E-state index contributed by atoms with van der Waals surface area (Å²) in [6.45, 7) is 16.8. The van der Waals surface area contributed by atoms with Gasteiger partial charge in [-0.3, -0.25) is 19.3 Å². The zero-order chi connectivity index (χ0) is 26.4. The second-order valence-corrected chi connectivity index (χ2v) is 16.1. The number of carbonyl (C=O) groups excluding carboxylic acids is 3. The maximum atomic E-state index is 13.3. The van der Waals surface area contributed by atoms with Gasteiger partial charge in [0.1, 0.15) is 24.0 Å². The molecule has 0 spiro atoms. The lowest BCUT2D eigenvalue weighted by Gasteiger charge is -2.43. The number of carboxylic acids is 1. The van der Waals surface area contributed by atoms with Crippen LogP contribution in [0.15, 0.2) is 0 Å². The maximum Gasteiger partial charge on any atom is 0.326 e. The van der Waals surface area contributed by atoms with E-state index in [4.69, 9.17) is 13.9 Å². The lowest BCUT2D eigenvalue weighted by molar-refractivity contribution is -0.164. The van der Waals surface area contributed by atoms with Crippen molar-refractivity contribution >= 4 is 32.5 Å². The summed E-state index contributed by atoms with van der Waals surface area (Å²) in [6, 6.07) is -1.91. The fourth-order valence-corrected chi connectivity index (χ4v) is 10.1.